The molecular weight excluding hydrogens is 477 g/mol. The number of aliphatic hydroxyl groups is 1. The lowest BCUT2D eigenvalue weighted by Crippen LogP contribution is -2.42. The molecule has 0 spiro atoms. The number of nitrogens with zero attached hydrogens (tertiary/aromatic N) is 5. The Morgan fingerprint density at radius 3 is 2.68 bits per heavy atom. The predicted octanol–water partition coefficient (Wildman–Crippen LogP) is 2.48. The molecule has 3 aromatic rings. The van der Waals surface area contributed by atoms with Crippen LogP contribution in [0.25, 0.3) is 11.3 Å². The maximum Gasteiger partial charge on any atom is 0.255 e. The number of pyridine rings is 1. The van der Waals surface area contributed by atoms with Gasteiger partial charge < -0.3 is 24.4 Å². The minimum absolute atomic E-state index is 0.222. The van der Waals surface area contributed by atoms with E-state index < -0.39 is 11.4 Å². The van der Waals surface area contributed by atoms with E-state index in [0.717, 1.165) is 30.4 Å². The highest BCUT2D eigenvalue weighted by Crippen LogP contribution is 2.38. The zero-order valence-electron chi connectivity index (χ0n) is 21.4. The van der Waals surface area contributed by atoms with E-state index in [-0.39, 0.29) is 22.9 Å². The molecule has 0 radical (unpaired) electrons. The van der Waals surface area contributed by atoms with Crippen molar-refractivity contribution in [1.82, 2.24) is 19.4 Å². The molecule has 0 saturated carbocycles. The third-order valence-electron chi connectivity index (χ3n) is 7.44. The van der Waals surface area contributed by atoms with Gasteiger partial charge in [-0.05, 0) is 43.7 Å². The van der Waals surface area contributed by atoms with E-state index in [1.807, 2.05) is 23.1 Å². The number of likely N-dealkylation sites (tertiary alicyclic amines) is 1. The number of halogens is 1. The smallest absolute Gasteiger partial charge is 0.255 e. The maximum atomic E-state index is 14.4. The molecule has 2 aliphatic rings. The molecule has 2 aliphatic heterocycles. The second-order valence-electron chi connectivity index (χ2n) is 9.79. The van der Waals surface area contributed by atoms with Crippen LogP contribution in [0.4, 0.5) is 10.3 Å². The van der Waals surface area contributed by atoms with E-state index in [2.05, 4.69) is 21.9 Å². The summed E-state index contributed by atoms with van der Waals surface area (Å²) in [7, 11) is 5.32. The van der Waals surface area contributed by atoms with Gasteiger partial charge in [0, 0.05) is 50.1 Å². The first kappa shape index (κ1) is 25.3. The van der Waals surface area contributed by atoms with Crippen molar-refractivity contribution >= 4 is 5.95 Å². The first-order valence-electron chi connectivity index (χ1n) is 12.4. The van der Waals surface area contributed by atoms with E-state index in [0.29, 0.717) is 44.2 Å². The van der Waals surface area contributed by atoms with Gasteiger partial charge in [0.05, 0.1) is 37.8 Å². The number of benzene rings is 1. The summed E-state index contributed by atoms with van der Waals surface area (Å²) in [6, 6.07) is 8.62. The van der Waals surface area contributed by atoms with Crippen molar-refractivity contribution in [2.45, 2.75) is 24.5 Å². The molecule has 10 heteroatoms. The Labute approximate surface area is 215 Å². The number of hydrogen-bond acceptors (Lipinski definition) is 8. The zero-order chi connectivity index (χ0) is 26.2. The molecule has 4 heterocycles. The molecule has 37 heavy (non-hydrogen) atoms. The molecule has 2 saturated heterocycles. The summed E-state index contributed by atoms with van der Waals surface area (Å²) in [5.41, 5.74) is 0.958. The maximum absolute atomic E-state index is 14.4. The van der Waals surface area contributed by atoms with Crippen molar-refractivity contribution in [3.8, 4) is 17.0 Å². The summed E-state index contributed by atoms with van der Waals surface area (Å²) < 4.78 is 27.7. The van der Waals surface area contributed by atoms with E-state index >= 15 is 0 Å². The fraction of sp³-hybridized carbons (Fsp3) is 0.444. The third kappa shape index (κ3) is 4.96. The van der Waals surface area contributed by atoms with Crippen LogP contribution in [0.2, 0.25) is 0 Å². The number of aromatic nitrogens is 3. The minimum Gasteiger partial charge on any atom is -0.496 e. The van der Waals surface area contributed by atoms with Gasteiger partial charge in [0.25, 0.3) is 5.56 Å². The van der Waals surface area contributed by atoms with Crippen LogP contribution in [0.15, 0.2) is 47.5 Å². The Bertz CT molecular complexity index is 1340. The van der Waals surface area contributed by atoms with Gasteiger partial charge in [0.1, 0.15) is 11.9 Å². The van der Waals surface area contributed by atoms with Gasteiger partial charge in [-0.3, -0.25) is 14.3 Å². The highest BCUT2D eigenvalue weighted by Gasteiger charge is 2.35. The van der Waals surface area contributed by atoms with Crippen LogP contribution in [-0.4, -0.2) is 71.5 Å². The van der Waals surface area contributed by atoms with Crippen molar-refractivity contribution in [3.63, 3.8) is 0 Å². The Morgan fingerprint density at radius 2 is 1.95 bits per heavy atom. The SMILES string of the molecule is COc1ccc(C2(O)CCN(C)CC2)cc1[C@H]1CN(c2nc(-c3ccncc3F)cc(=O)n2C)CCO1. The van der Waals surface area contributed by atoms with Crippen LogP contribution in [0.5, 0.6) is 5.75 Å². The molecule has 0 unspecified atom stereocenters. The average Bonchev–Trinajstić information content (AvgIpc) is 2.92. The second kappa shape index (κ2) is 10.2. The van der Waals surface area contributed by atoms with Gasteiger partial charge in [-0.15, -0.1) is 0 Å². The normalized spacial score (nSPS) is 20.1. The Morgan fingerprint density at radius 1 is 1.16 bits per heavy atom. The molecule has 1 N–H and O–H groups in total. The summed E-state index contributed by atoms with van der Waals surface area (Å²) in [4.78, 5) is 25.4. The monoisotopic (exact) mass is 509 g/mol. The van der Waals surface area contributed by atoms with Crippen LogP contribution in [0.1, 0.15) is 30.1 Å². The van der Waals surface area contributed by atoms with Gasteiger partial charge in [-0.25, -0.2) is 9.37 Å². The van der Waals surface area contributed by atoms with Gasteiger partial charge in [-0.1, -0.05) is 6.07 Å². The van der Waals surface area contributed by atoms with Crippen molar-refractivity contribution in [2.75, 3.05) is 51.8 Å². The van der Waals surface area contributed by atoms with Crippen molar-refractivity contribution in [2.24, 2.45) is 7.05 Å². The van der Waals surface area contributed by atoms with Gasteiger partial charge in [-0.2, -0.15) is 0 Å². The minimum atomic E-state index is -0.906. The van der Waals surface area contributed by atoms with Crippen molar-refractivity contribution in [1.29, 1.82) is 0 Å². The second-order valence-corrected chi connectivity index (χ2v) is 9.79. The fourth-order valence-electron chi connectivity index (χ4n) is 5.10. The zero-order valence-corrected chi connectivity index (χ0v) is 21.4. The van der Waals surface area contributed by atoms with Gasteiger partial charge in [0.2, 0.25) is 5.95 Å². The lowest BCUT2D eigenvalue weighted by molar-refractivity contribution is -0.0207. The number of hydrogen-bond donors (Lipinski definition) is 1. The lowest BCUT2D eigenvalue weighted by atomic mass is 9.83. The summed E-state index contributed by atoms with van der Waals surface area (Å²) in [6.07, 6.45) is 3.50. The predicted molar refractivity (Wildman–Crippen MR) is 137 cm³/mol. The Hall–Kier alpha value is -3.34. The first-order valence-corrected chi connectivity index (χ1v) is 12.4. The van der Waals surface area contributed by atoms with E-state index in [4.69, 9.17) is 9.47 Å². The molecule has 9 nitrogen and oxygen atoms in total. The van der Waals surface area contributed by atoms with Crippen LogP contribution in [0, 0.1) is 5.82 Å². The fourth-order valence-corrected chi connectivity index (χ4v) is 5.10. The van der Waals surface area contributed by atoms with Gasteiger partial charge in [0.15, 0.2) is 5.82 Å². The third-order valence-corrected chi connectivity index (χ3v) is 7.44. The average molecular weight is 510 g/mol. The van der Waals surface area contributed by atoms with Crippen LogP contribution >= 0.6 is 0 Å². The molecule has 1 atom stereocenters. The highest BCUT2D eigenvalue weighted by atomic mass is 19.1. The molecule has 1 aromatic carbocycles. The van der Waals surface area contributed by atoms with Crippen LogP contribution in [0.3, 0.4) is 0 Å². The molecule has 5 rings (SSSR count). The Kier molecular flexibility index (Phi) is 6.98. The molecule has 2 fully saturated rings. The van der Waals surface area contributed by atoms with E-state index in [1.54, 1.807) is 14.2 Å². The molecule has 0 aliphatic carbocycles. The summed E-state index contributed by atoms with van der Waals surface area (Å²) in [6.45, 7) is 2.96. The number of rotatable bonds is 5. The Balaban J connectivity index is 1.47. The lowest BCUT2D eigenvalue weighted by Gasteiger charge is -2.38. The molecular formula is C27H32FN5O4. The summed E-state index contributed by atoms with van der Waals surface area (Å²) in [5, 5.41) is 11.4. The van der Waals surface area contributed by atoms with Gasteiger partial charge >= 0.3 is 0 Å². The van der Waals surface area contributed by atoms with Crippen LogP contribution < -0.4 is 15.2 Å². The van der Waals surface area contributed by atoms with E-state index in [1.165, 1.54) is 22.9 Å². The summed E-state index contributed by atoms with van der Waals surface area (Å²) >= 11 is 0. The van der Waals surface area contributed by atoms with Crippen molar-refractivity contribution < 1.29 is 19.0 Å². The number of ether oxygens (including phenoxy) is 2. The van der Waals surface area contributed by atoms with Crippen LogP contribution in [-0.2, 0) is 17.4 Å². The van der Waals surface area contributed by atoms with E-state index in [9.17, 15) is 14.3 Å². The molecule has 196 valence electrons. The number of morpholine rings is 1. The first-order chi connectivity index (χ1) is 17.8. The van der Waals surface area contributed by atoms with Crippen molar-refractivity contribution in [3.05, 3.63) is 70.0 Å². The largest absolute Gasteiger partial charge is 0.496 e. The number of anilines is 1. The molecule has 0 bridgehead atoms. The number of piperidine rings is 1. The summed E-state index contributed by atoms with van der Waals surface area (Å²) in [5.74, 6) is 0.556. The number of methoxy groups -OCH3 is 1. The highest BCUT2D eigenvalue weighted by molar-refractivity contribution is 5.60. The topological polar surface area (TPSA) is 93.0 Å². The quantitative estimate of drug-likeness (QED) is 0.561. The molecule has 0 amide bonds. The standard InChI is InChI=1S/C27H32FN5O4/c1-31-10-7-27(35,8-11-31)18-4-5-23(36-3)20(14-18)24-17-33(12-13-37-24)26-30-22(15-25(34)32(26)2)19-6-9-29-16-21(19)28/h4-6,9,14-16,24,35H,7-8,10-13,17H2,1-3H3/t24-/m1/s1. The molecule has 2 aromatic heterocycles.